The maximum absolute atomic E-state index is 11.3. The first-order valence-electron chi connectivity index (χ1n) is 3.80. The molecule has 0 atom stereocenters. The van der Waals surface area contributed by atoms with E-state index in [9.17, 15) is 4.79 Å². The van der Waals surface area contributed by atoms with Gasteiger partial charge in [-0.3, -0.25) is 0 Å². The highest BCUT2D eigenvalue weighted by Gasteiger charge is 2.15. The van der Waals surface area contributed by atoms with Gasteiger partial charge in [0.25, 0.3) is 0 Å². The molecule has 0 aliphatic rings. The van der Waals surface area contributed by atoms with E-state index in [0.717, 1.165) is 0 Å². The molecule has 0 radical (unpaired) electrons. The summed E-state index contributed by atoms with van der Waals surface area (Å²) in [7, 11) is 1.31. The summed E-state index contributed by atoms with van der Waals surface area (Å²) in [6.45, 7) is 0. The number of fused-ring (bicyclic) bond motifs is 1. The van der Waals surface area contributed by atoms with Gasteiger partial charge >= 0.3 is 5.97 Å². The summed E-state index contributed by atoms with van der Waals surface area (Å²) in [5.74, 6) is -0.453. The van der Waals surface area contributed by atoms with Crippen molar-refractivity contribution in [3.8, 4) is 0 Å². The van der Waals surface area contributed by atoms with Crippen LogP contribution in [0.1, 0.15) is 10.4 Å². The van der Waals surface area contributed by atoms with Gasteiger partial charge in [0.2, 0.25) is 0 Å². The number of rotatable bonds is 1. The number of carbonyl (C=O) groups is 1. The SMILES string of the molecule is COC(=O)c1c[nH]c2cnnc(Cl)c12. The van der Waals surface area contributed by atoms with Gasteiger partial charge in [0.15, 0.2) is 5.15 Å². The molecule has 0 amide bonds. The largest absolute Gasteiger partial charge is 0.465 e. The molecule has 0 bridgehead atoms. The van der Waals surface area contributed by atoms with Gasteiger partial charge in [-0.15, -0.1) is 5.10 Å². The van der Waals surface area contributed by atoms with E-state index in [1.807, 2.05) is 0 Å². The second-order valence-corrected chi connectivity index (χ2v) is 2.98. The van der Waals surface area contributed by atoms with Gasteiger partial charge in [0.1, 0.15) is 0 Å². The third-order valence-corrected chi connectivity index (χ3v) is 2.12. The van der Waals surface area contributed by atoms with E-state index in [-0.39, 0.29) is 5.15 Å². The zero-order valence-corrected chi connectivity index (χ0v) is 8.00. The number of aromatic nitrogens is 3. The Balaban J connectivity index is 2.73. The van der Waals surface area contributed by atoms with Gasteiger partial charge in [0.05, 0.1) is 29.8 Å². The molecular formula is C8H6ClN3O2. The normalized spacial score (nSPS) is 10.4. The van der Waals surface area contributed by atoms with E-state index >= 15 is 0 Å². The summed E-state index contributed by atoms with van der Waals surface area (Å²) in [5.41, 5.74) is 1.02. The molecule has 6 heteroatoms. The summed E-state index contributed by atoms with van der Waals surface area (Å²) < 4.78 is 4.59. The highest BCUT2D eigenvalue weighted by molar-refractivity contribution is 6.35. The molecule has 0 aliphatic heterocycles. The molecule has 0 fully saturated rings. The number of methoxy groups -OCH3 is 1. The zero-order chi connectivity index (χ0) is 10.1. The molecule has 5 nitrogen and oxygen atoms in total. The van der Waals surface area contributed by atoms with Crippen LogP contribution in [0.4, 0.5) is 0 Å². The molecule has 0 spiro atoms. The van der Waals surface area contributed by atoms with Crippen LogP contribution in [0.3, 0.4) is 0 Å². The van der Waals surface area contributed by atoms with Crippen molar-refractivity contribution in [3.63, 3.8) is 0 Å². The molecule has 1 N–H and O–H groups in total. The minimum absolute atomic E-state index is 0.184. The van der Waals surface area contributed by atoms with Gasteiger partial charge in [-0.05, 0) is 0 Å². The predicted octanol–water partition coefficient (Wildman–Crippen LogP) is 1.40. The van der Waals surface area contributed by atoms with Gasteiger partial charge in [-0.2, -0.15) is 5.10 Å². The van der Waals surface area contributed by atoms with E-state index in [1.165, 1.54) is 19.5 Å². The third-order valence-electron chi connectivity index (χ3n) is 1.85. The summed E-state index contributed by atoms with van der Waals surface area (Å²) in [6.07, 6.45) is 3.01. The van der Waals surface area contributed by atoms with Crippen LogP contribution in [0.25, 0.3) is 10.9 Å². The van der Waals surface area contributed by atoms with Crippen LogP contribution in [-0.4, -0.2) is 28.3 Å². The number of nitrogens with zero attached hydrogens (tertiary/aromatic N) is 2. The average molecular weight is 212 g/mol. The predicted molar refractivity (Wildman–Crippen MR) is 50.2 cm³/mol. The lowest BCUT2D eigenvalue weighted by molar-refractivity contribution is 0.0603. The minimum Gasteiger partial charge on any atom is -0.465 e. The Labute approximate surface area is 84.0 Å². The average Bonchev–Trinajstić information content (AvgIpc) is 2.62. The fourth-order valence-electron chi connectivity index (χ4n) is 1.22. The van der Waals surface area contributed by atoms with Crippen LogP contribution in [0.5, 0.6) is 0 Å². The quantitative estimate of drug-likeness (QED) is 0.724. The molecule has 72 valence electrons. The Hall–Kier alpha value is -1.62. The Morgan fingerprint density at radius 1 is 1.64 bits per heavy atom. The van der Waals surface area contributed by atoms with Gasteiger partial charge in [-0.25, -0.2) is 4.79 Å². The van der Waals surface area contributed by atoms with Crippen LogP contribution < -0.4 is 0 Å². The second kappa shape index (κ2) is 3.26. The lowest BCUT2D eigenvalue weighted by Gasteiger charge is -1.96. The molecule has 2 aromatic rings. The number of H-pyrrole nitrogens is 1. The molecule has 2 aromatic heterocycles. The number of ether oxygens (including phenoxy) is 1. The van der Waals surface area contributed by atoms with Crippen molar-refractivity contribution < 1.29 is 9.53 Å². The fraction of sp³-hybridized carbons (Fsp3) is 0.125. The molecule has 14 heavy (non-hydrogen) atoms. The fourth-order valence-corrected chi connectivity index (χ4v) is 1.47. The van der Waals surface area contributed by atoms with Crippen LogP contribution in [0.15, 0.2) is 12.4 Å². The molecule has 0 aliphatic carbocycles. The number of nitrogens with one attached hydrogen (secondary N) is 1. The van der Waals surface area contributed by atoms with Crippen molar-refractivity contribution in [3.05, 3.63) is 23.1 Å². The number of hydrogen-bond donors (Lipinski definition) is 1. The molecular weight excluding hydrogens is 206 g/mol. The molecule has 0 saturated carbocycles. The lowest BCUT2D eigenvalue weighted by Crippen LogP contribution is -2.00. The Morgan fingerprint density at radius 2 is 2.43 bits per heavy atom. The Bertz CT molecular complexity index is 494. The van der Waals surface area contributed by atoms with Crippen LogP contribution in [-0.2, 0) is 4.74 Å². The molecule has 0 unspecified atom stereocenters. The van der Waals surface area contributed by atoms with Crippen LogP contribution >= 0.6 is 11.6 Å². The maximum Gasteiger partial charge on any atom is 0.340 e. The van der Waals surface area contributed by atoms with E-state index in [4.69, 9.17) is 11.6 Å². The topological polar surface area (TPSA) is 67.9 Å². The van der Waals surface area contributed by atoms with Crippen molar-refractivity contribution in [2.45, 2.75) is 0 Å². The van der Waals surface area contributed by atoms with Crippen molar-refractivity contribution in [2.75, 3.05) is 7.11 Å². The first-order valence-corrected chi connectivity index (χ1v) is 4.18. The number of aromatic amines is 1. The first kappa shape index (κ1) is 8.96. The van der Waals surface area contributed by atoms with Crippen molar-refractivity contribution >= 4 is 28.5 Å². The Kier molecular flexibility index (Phi) is 2.09. The highest BCUT2D eigenvalue weighted by atomic mass is 35.5. The smallest absolute Gasteiger partial charge is 0.340 e. The number of esters is 1. The monoisotopic (exact) mass is 211 g/mol. The van der Waals surface area contributed by atoms with Crippen molar-refractivity contribution in [1.29, 1.82) is 0 Å². The molecule has 0 aromatic carbocycles. The zero-order valence-electron chi connectivity index (χ0n) is 7.24. The first-order chi connectivity index (χ1) is 6.74. The lowest BCUT2D eigenvalue weighted by atomic mass is 10.2. The van der Waals surface area contributed by atoms with Gasteiger partial charge < -0.3 is 9.72 Å². The van der Waals surface area contributed by atoms with E-state index in [0.29, 0.717) is 16.5 Å². The van der Waals surface area contributed by atoms with E-state index in [1.54, 1.807) is 0 Å². The van der Waals surface area contributed by atoms with E-state index in [2.05, 4.69) is 19.9 Å². The number of halogens is 1. The second-order valence-electron chi connectivity index (χ2n) is 2.62. The number of hydrogen-bond acceptors (Lipinski definition) is 4. The molecule has 2 heterocycles. The van der Waals surface area contributed by atoms with Crippen molar-refractivity contribution in [1.82, 2.24) is 15.2 Å². The Morgan fingerprint density at radius 3 is 3.14 bits per heavy atom. The standard InChI is InChI=1S/C8H6ClN3O2/c1-14-8(13)4-2-10-5-3-11-12-7(9)6(4)5/h2-3,10H,1H3. The van der Waals surface area contributed by atoms with Gasteiger partial charge in [0, 0.05) is 6.20 Å². The highest BCUT2D eigenvalue weighted by Crippen LogP contribution is 2.23. The summed E-state index contributed by atoms with van der Waals surface area (Å²) in [5, 5.41) is 8.01. The van der Waals surface area contributed by atoms with Crippen molar-refractivity contribution in [2.24, 2.45) is 0 Å². The van der Waals surface area contributed by atoms with E-state index < -0.39 is 5.97 Å². The van der Waals surface area contributed by atoms with Gasteiger partial charge in [-0.1, -0.05) is 11.6 Å². The molecule has 2 rings (SSSR count). The number of carbonyl (C=O) groups excluding carboxylic acids is 1. The molecule has 0 saturated heterocycles. The maximum atomic E-state index is 11.3. The van der Waals surface area contributed by atoms with Crippen LogP contribution in [0.2, 0.25) is 5.15 Å². The van der Waals surface area contributed by atoms with Crippen LogP contribution in [0, 0.1) is 0 Å². The summed E-state index contributed by atoms with van der Waals surface area (Å²) in [6, 6.07) is 0. The minimum atomic E-state index is -0.453. The third kappa shape index (κ3) is 1.22. The summed E-state index contributed by atoms with van der Waals surface area (Å²) >= 11 is 5.80. The summed E-state index contributed by atoms with van der Waals surface area (Å²) in [4.78, 5) is 14.1.